The number of rotatable bonds is 3. The molecule has 0 radical (unpaired) electrons. The van der Waals surface area contributed by atoms with Crippen molar-refractivity contribution < 1.29 is 17.6 Å². The van der Waals surface area contributed by atoms with Gasteiger partial charge in [-0.1, -0.05) is 0 Å². The summed E-state index contributed by atoms with van der Waals surface area (Å²) in [6.45, 7) is 0.322. The van der Waals surface area contributed by atoms with Gasteiger partial charge in [0.25, 0.3) is 0 Å². The Kier molecular flexibility index (Phi) is 4.44. The quantitative estimate of drug-likeness (QED) is 0.650. The van der Waals surface area contributed by atoms with E-state index in [-0.39, 0.29) is 0 Å². The number of anilines is 1. The van der Waals surface area contributed by atoms with Crippen molar-refractivity contribution in [3.05, 3.63) is 49.9 Å². The van der Waals surface area contributed by atoms with Gasteiger partial charge < -0.3 is 9.73 Å². The Bertz CT molecular complexity index is 583. The SMILES string of the molecule is FC(F)(F)c1ccc(Br)c(NCc2ccc(I)o2)c1. The molecule has 7 heteroatoms. The fraction of sp³-hybridized carbons (Fsp3) is 0.167. The molecule has 1 N–H and O–H groups in total. The van der Waals surface area contributed by atoms with Gasteiger partial charge in [0.05, 0.1) is 12.1 Å². The molecule has 0 unspecified atom stereocenters. The largest absolute Gasteiger partial charge is 0.454 e. The molecule has 2 rings (SSSR count). The molecular weight excluding hydrogens is 438 g/mol. The van der Waals surface area contributed by atoms with Crippen LogP contribution in [-0.4, -0.2) is 0 Å². The summed E-state index contributed by atoms with van der Waals surface area (Å²) >= 11 is 5.24. The average Bonchev–Trinajstić information content (AvgIpc) is 2.72. The van der Waals surface area contributed by atoms with E-state index < -0.39 is 11.7 Å². The minimum absolute atomic E-state index is 0.322. The number of nitrogens with one attached hydrogen (secondary N) is 1. The van der Waals surface area contributed by atoms with Crippen LogP contribution in [0.2, 0.25) is 0 Å². The minimum Gasteiger partial charge on any atom is -0.454 e. The van der Waals surface area contributed by atoms with Crippen LogP contribution in [0, 0.1) is 3.77 Å². The van der Waals surface area contributed by atoms with Crippen molar-refractivity contribution in [2.24, 2.45) is 0 Å². The highest BCUT2D eigenvalue weighted by atomic mass is 127. The van der Waals surface area contributed by atoms with Crippen LogP contribution in [0.3, 0.4) is 0 Å². The van der Waals surface area contributed by atoms with Crippen molar-refractivity contribution in [2.75, 3.05) is 5.32 Å². The average molecular weight is 446 g/mol. The third kappa shape index (κ3) is 3.88. The van der Waals surface area contributed by atoms with Gasteiger partial charge >= 0.3 is 6.18 Å². The molecule has 0 fully saturated rings. The van der Waals surface area contributed by atoms with Crippen LogP contribution >= 0.6 is 38.5 Å². The van der Waals surface area contributed by atoms with Gasteiger partial charge in [-0.2, -0.15) is 13.2 Å². The Labute approximate surface area is 129 Å². The topological polar surface area (TPSA) is 25.2 Å². The molecule has 0 amide bonds. The molecule has 1 aromatic heterocycles. The van der Waals surface area contributed by atoms with Gasteiger partial charge in [-0.3, -0.25) is 0 Å². The molecule has 0 atom stereocenters. The Morgan fingerprint density at radius 3 is 2.53 bits per heavy atom. The Morgan fingerprint density at radius 2 is 1.95 bits per heavy atom. The summed E-state index contributed by atoms with van der Waals surface area (Å²) in [6.07, 6.45) is -4.35. The van der Waals surface area contributed by atoms with Gasteiger partial charge in [0.1, 0.15) is 5.76 Å². The number of hydrogen-bond acceptors (Lipinski definition) is 2. The van der Waals surface area contributed by atoms with E-state index in [1.807, 2.05) is 22.6 Å². The predicted molar refractivity (Wildman–Crippen MR) is 77.9 cm³/mol. The highest BCUT2D eigenvalue weighted by Gasteiger charge is 2.30. The summed E-state index contributed by atoms with van der Waals surface area (Å²) in [4.78, 5) is 0. The lowest BCUT2D eigenvalue weighted by Gasteiger charge is -2.11. The zero-order valence-corrected chi connectivity index (χ0v) is 13.1. The zero-order chi connectivity index (χ0) is 14.0. The van der Waals surface area contributed by atoms with Gasteiger partial charge in [-0.25, -0.2) is 0 Å². The summed E-state index contributed by atoms with van der Waals surface area (Å²) in [5, 5.41) is 2.91. The van der Waals surface area contributed by atoms with Crippen molar-refractivity contribution >= 4 is 44.2 Å². The second-order valence-corrected chi connectivity index (χ2v) is 5.67. The Morgan fingerprint density at radius 1 is 1.21 bits per heavy atom. The van der Waals surface area contributed by atoms with Crippen LogP contribution in [0.1, 0.15) is 11.3 Å². The van der Waals surface area contributed by atoms with E-state index in [1.165, 1.54) is 6.07 Å². The first-order valence-corrected chi connectivity index (χ1v) is 7.08. The van der Waals surface area contributed by atoms with E-state index in [2.05, 4.69) is 21.2 Å². The summed E-state index contributed by atoms with van der Waals surface area (Å²) < 4.78 is 44.4. The Hall–Kier alpha value is -0.700. The van der Waals surface area contributed by atoms with E-state index in [4.69, 9.17) is 4.42 Å². The van der Waals surface area contributed by atoms with Crippen LogP contribution in [-0.2, 0) is 12.7 Å². The maximum atomic E-state index is 12.6. The summed E-state index contributed by atoms with van der Waals surface area (Å²) in [5.41, 5.74) is -0.312. The highest BCUT2D eigenvalue weighted by molar-refractivity contribution is 14.1. The fourth-order valence-corrected chi connectivity index (χ4v) is 2.32. The number of benzene rings is 1. The molecule has 0 bridgehead atoms. The second-order valence-electron chi connectivity index (χ2n) is 3.75. The molecule has 102 valence electrons. The van der Waals surface area contributed by atoms with Gasteiger partial charge in [-0.05, 0) is 68.9 Å². The van der Waals surface area contributed by atoms with Crippen molar-refractivity contribution in [1.82, 2.24) is 0 Å². The van der Waals surface area contributed by atoms with Gasteiger partial charge in [0.2, 0.25) is 0 Å². The second kappa shape index (κ2) is 5.74. The van der Waals surface area contributed by atoms with Crippen LogP contribution in [0.15, 0.2) is 39.2 Å². The molecule has 0 spiro atoms. The number of furan rings is 1. The molecule has 0 aliphatic rings. The van der Waals surface area contributed by atoms with E-state index in [1.54, 1.807) is 12.1 Å². The van der Waals surface area contributed by atoms with Crippen LogP contribution < -0.4 is 5.32 Å². The molecule has 19 heavy (non-hydrogen) atoms. The zero-order valence-electron chi connectivity index (χ0n) is 9.39. The molecule has 0 saturated carbocycles. The first-order chi connectivity index (χ1) is 8.86. The molecule has 1 aromatic carbocycles. The maximum absolute atomic E-state index is 12.6. The van der Waals surface area contributed by atoms with Crippen molar-refractivity contribution in [2.45, 2.75) is 12.7 Å². The monoisotopic (exact) mass is 445 g/mol. The van der Waals surface area contributed by atoms with Gasteiger partial charge in [0.15, 0.2) is 3.77 Å². The lowest BCUT2D eigenvalue weighted by Crippen LogP contribution is -2.06. The fourth-order valence-electron chi connectivity index (χ4n) is 1.47. The molecule has 2 aromatic rings. The molecular formula is C12H8BrF3INO. The van der Waals surface area contributed by atoms with Gasteiger partial charge in [0, 0.05) is 10.2 Å². The lowest BCUT2D eigenvalue weighted by molar-refractivity contribution is -0.137. The van der Waals surface area contributed by atoms with Crippen molar-refractivity contribution in [1.29, 1.82) is 0 Å². The van der Waals surface area contributed by atoms with E-state index in [9.17, 15) is 13.2 Å². The highest BCUT2D eigenvalue weighted by Crippen LogP contribution is 2.34. The van der Waals surface area contributed by atoms with Gasteiger partial charge in [-0.15, -0.1) is 0 Å². The molecule has 1 heterocycles. The summed E-state index contributed by atoms with van der Waals surface area (Å²) in [7, 11) is 0. The van der Waals surface area contributed by atoms with Crippen molar-refractivity contribution in [3.63, 3.8) is 0 Å². The number of alkyl halides is 3. The first-order valence-electron chi connectivity index (χ1n) is 5.21. The van der Waals surface area contributed by atoms with E-state index in [0.717, 1.165) is 15.9 Å². The smallest absolute Gasteiger partial charge is 0.416 e. The standard InChI is InChI=1S/C12H8BrF3INO/c13-9-3-1-7(12(14,15)16)5-10(9)18-6-8-2-4-11(17)19-8/h1-5,18H,6H2. The van der Waals surface area contributed by atoms with Crippen molar-refractivity contribution in [3.8, 4) is 0 Å². The number of hydrogen-bond donors (Lipinski definition) is 1. The van der Waals surface area contributed by atoms with Crippen LogP contribution in [0.25, 0.3) is 0 Å². The van der Waals surface area contributed by atoms with Crippen LogP contribution in [0.4, 0.5) is 18.9 Å². The molecule has 0 aliphatic carbocycles. The number of halogens is 5. The summed E-state index contributed by atoms with van der Waals surface area (Å²) in [6, 6.07) is 7.04. The lowest BCUT2D eigenvalue weighted by atomic mass is 10.2. The third-order valence-electron chi connectivity index (χ3n) is 2.38. The normalized spacial score (nSPS) is 11.6. The van der Waals surface area contributed by atoms with E-state index >= 15 is 0 Å². The molecule has 2 nitrogen and oxygen atoms in total. The predicted octanol–water partition coefficient (Wildman–Crippen LogP) is 5.28. The third-order valence-corrected chi connectivity index (χ3v) is 3.65. The van der Waals surface area contributed by atoms with E-state index in [0.29, 0.717) is 22.5 Å². The molecule has 0 saturated heterocycles. The summed E-state index contributed by atoms with van der Waals surface area (Å²) in [5.74, 6) is 0.661. The minimum atomic E-state index is -4.35. The Balaban J connectivity index is 2.15. The maximum Gasteiger partial charge on any atom is 0.416 e. The molecule has 0 aliphatic heterocycles. The van der Waals surface area contributed by atoms with Crippen LogP contribution in [0.5, 0.6) is 0 Å². The first kappa shape index (κ1) is 14.7.